The second-order valence-corrected chi connectivity index (χ2v) is 3.55. The third-order valence-corrected chi connectivity index (χ3v) is 2.18. The van der Waals surface area contributed by atoms with E-state index in [1.165, 1.54) is 0 Å². The van der Waals surface area contributed by atoms with Crippen LogP contribution in [-0.4, -0.2) is 25.9 Å². The summed E-state index contributed by atoms with van der Waals surface area (Å²) in [5.74, 6) is 0.904. The monoisotopic (exact) mass is 208 g/mol. The van der Waals surface area contributed by atoms with Gasteiger partial charge in [-0.2, -0.15) is 0 Å². The molecule has 1 unspecified atom stereocenters. The van der Waals surface area contributed by atoms with Crippen molar-refractivity contribution in [3.63, 3.8) is 0 Å². The van der Waals surface area contributed by atoms with Crippen LogP contribution in [0.15, 0.2) is 24.3 Å². The van der Waals surface area contributed by atoms with E-state index in [0.717, 1.165) is 17.9 Å². The molecule has 3 heteroatoms. The Morgan fingerprint density at radius 1 is 1.47 bits per heavy atom. The summed E-state index contributed by atoms with van der Waals surface area (Å²) in [5, 5.41) is 0. The minimum Gasteiger partial charge on any atom is -0.494 e. The maximum absolute atomic E-state index is 5.50. The van der Waals surface area contributed by atoms with Gasteiger partial charge in [0.2, 0.25) is 0 Å². The Kier molecular flexibility index (Phi) is 3.59. The maximum atomic E-state index is 5.50. The summed E-state index contributed by atoms with van der Waals surface area (Å²) in [6.45, 7) is 4.84. The minimum atomic E-state index is 0.333. The highest BCUT2D eigenvalue weighted by Gasteiger charge is 2.22. The first-order chi connectivity index (χ1) is 7.38. The lowest BCUT2D eigenvalue weighted by Gasteiger charge is -2.06. The summed E-state index contributed by atoms with van der Waals surface area (Å²) in [4.78, 5) is 0. The molecule has 0 bridgehead atoms. The fraction of sp³-hybridized carbons (Fsp3) is 0.500. The smallest absolute Gasteiger partial charge is 0.119 e. The van der Waals surface area contributed by atoms with E-state index in [-0.39, 0.29) is 0 Å². The van der Waals surface area contributed by atoms with Gasteiger partial charge in [0.1, 0.15) is 11.9 Å². The van der Waals surface area contributed by atoms with Gasteiger partial charge in [-0.25, -0.2) is 0 Å². The highest BCUT2D eigenvalue weighted by Crippen LogP contribution is 2.15. The molecule has 1 aromatic carbocycles. The largest absolute Gasteiger partial charge is 0.494 e. The van der Waals surface area contributed by atoms with Gasteiger partial charge in [-0.05, 0) is 24.6 Å². The number of hydrogen-bond acceptors (Lipinski definition) is 3. The van der Waals surface area contributed by atoms with Crippen molar-refractivity contribution in [1.29, 1.82) is 0 Å². The van der Waals surface area contributed by atoms with E-state index in [9.17, 15) is 0 Å². The van der Waals surface area contributed by atoms with Gasteiger partial charge in [-0.3, -0.25) is 0 Å². The van der Waals surface area contributed by atoms with Crippen LogP contribution in [0.4, 0.5) is 0 Å². The van der Waals surface area contributed by atoms with Crippen molar-refractivity contribution >= 4 is 0 Å². The zero-order valence-corrected chi connectivity index (χ0v) is 8.94. The SMILES string of the molecule is CCOc1cccc(COCC2CO2)c1. The Labute approximate surface area is 90.0 Å². The van der Waals surface area contributed by atoms with E-state index in [1.54, 1.807) is 0 Å². The number of hydrogen-bond donors (Lipinski definition) is 0. The van der Waals surface area contributed by atoms with Crippen LogP contribution < -0.4 is 4.74 Å². The molecule has 0 amide bonds. The molecule has 1 fully saturated rings. The average Bonchev–Trinajstić information content (AvgIpc) is 3.03. The first kappa shape index (κ1) is 10.5. The van der Waals surface area contributed by atoms with Gasteiger partial charge in [0.15, 0.2) is 0 Å². The van der Waals surface area contributed by atoms with Crippen LogP contribution in [0.25, 0.3) is 0 Å². The van der Waals surface area contributed by atoms with Crippen molar-refractivity contribution in [2.45, 2.75) is 19.6 Å². The van der Waals surface area contributed by atoms with Crippen LogP contribution in [-0.2, 0) is 16.1 Å². The van der Waals surface area contributed by atoms with Crippen LogP contribution in [0.1, 0.15) is 12.5 Å². The van der Waals surface area contributed by atoms with E-state index in [1.807, 2.05) is 31.2 Å². The third-order valence-electron chi connectivity index (χ3n) is 2.18. The quantitative estimate of drug-likeness (QED) is 0.670. The van der Waals surface area contributed by atoms with Crippen LogP contribution in [0.5, 0.6) is 5.75 Å². The molecule has 1 aliphatic rings. The molecule has 0 saturated carbocycles. The van der Waals surface area contributed by atoms with E-state index in [2.05, 4.69) is 0 Å². The normalized spacial score (nSPS) is 18.9. The third kappa shape index (κ3) is 3.53. The summed E-state index contributed by atoms with van der Waals surface area (Å²) < 4.78 is 16.0. The molecule has 1 saturated heterocycles. The summed E-state index contributed by atoms with van der Waals surface area (Å²) in [6.07, 6.45) is 0.333. The summed E-state index contributed by atoms with van der Waals surface area (Å²) in [6, 6.07) is 7.99. The van der Waals surface area contributed by atoms with E-state index in [4.69, 9.17) is 14.2 Å². The molecule has 15 heavy (non-hydrogen) atoms. The number of epoxide rings is 1. The second kappa shape index (κ2) is 5.14. The molecule has 0 aliphatic carbocycles. The van der Waals surface area contributed by atoms with Crippen LogP contribution in [0, 0.1) is 0 Å². The molecule has 0 aromatic heterocycles. The first-order valence-electron chi connectivity index (χ1n) is 5.29. The van der Waals surface area contributed by atoms with Crippen molar-refractivity contribution < 1.29 is 14.2 Å². The lowest BCUT2D eigenvalue weighted by atomic mass is 10.2. The number of ether oxygens (including phenoxy) is 3. The van der Waals surface area contributed by atoms with Gasteiger partial charge in [0, 0.05) is 0 Å². The van der Waals surface area contributed by atoms with Crippen LogP contribution in [0.3, 0.4) is 0 Å². The molecule has 3 nitrogen and oxygen atoms in total. The average molecular weight is 208 g/mol. The topological polar surface area (TPSA) is 31.0 Å². The first-order valence-corrected chi connectivity index (χ1v) is 5.29. The van der Waals surface area contributed by atoms with Gasteiger partial charge >= 0.3 is 0 Å². The summed E-state index contributed by atoms with van der Waals surface area (Å²) >= 11 is 0. The van der Waals surface area contributed by atoms with E-state index >= 15 is 0 Å². The van der Waals surface area contributed by atoms with Crippen molar-refractivity contribution in [1.82, 2.24) is 0 Å². The molecular weight excluding hydrogens is 192 g/mol. The van der Waals surface area contributed by atoms with E-state index < -0.39 is 0 Å². The molecule has 1 heterocycles. The van der Waals surface area contributed by atoms with Gasteiger partial charge in [-0.1, -0.05) is 12.1 Å². The fourth-order valence-corrected chi connectivity index (χ4v) is 1.36. The van der Waals surface area contributed by atoms with Crippen LogP contribution in [0.2, 0.25) is 0 Å². The summed E-state index contributed by atoms with van der Waals surface area (Å²) in [7, 11) is 0. The predicted octanol–water partition coefficient (Wildman–Crippen LogP) is 2.00. The van der Waals surface area contributed by atoms with Crippen LogP contribution >= 0.6 is 0 Å². The number of benzene rings is 1. The lowest BCUT2D eigenvalue weighted by Crippen LogP contribution is -2.01. The Bertz CT molecular complexity index is 307. The summed E-state index contributed by atoms with van der Waals surface area (Å²) in [5.41, 5.74) is 1.14. The van der Waals surface area contributed by atoms with Gasteiger partial charge < -0.3 is 14.2 Å². The zero-order valence-electron chi connectivity index (χ0n) is 8.94. The van der Waals surface area contributed by atoms with Crippen molar-refractivity contribution in [2.75, 3.05) is 19.8 Å². The number of rotatable bonds is 6. The second-order valence-electron chi connectivity index (χ2n) is 3.55. The molecule has 82 valence electrons. The van der Waals surface area contributed by atoms with Crippen molar-refractivity contribution in [3.05, 3.63) is 29.8 Å². The minimum absolute atomic E-state index is 0.333. The molecule has 0 radical (unpaired) electrons. The van der Waals surface area contributed by atoms with E-state index in [0.29, 0.717) is 25.9 Å². The maximum Gasteiger partial charge on any atom is 0.119 e. The van der Waals surface area contributed by atoms with Crippen molar-refractivity contribution in [2.24, 2.45) is 0 Å². The molecule has 2 rings (SSSR count). The highest BCUT2D eigenvalue weighted by molar-refractivity contribution is 5.28. The molecule has 1 aromatic rings. The molecular formula is C12H16O3. The molecule has 0 spiro atoms. The Hall–Kier alpha value is -1.06. The predicted molar refractivity (Wildman–Crippen MR) is 57.0 cm³/mol. The van der Waals surface area contributed by atoms with Gasteiger partial charge in [0.25, 0.3) is 0 Å². The zero-order chi connectivity index (χ0) is 10.5. The molecule has 1 aliphatic heterocycles. The standard InChI is InChI=1S/C12H16O3/c1-2-14-11-5-3-4-10(6-11)7-13-8-12-9-15-12/h3-6,12H,2,7-9H2,1H3. The Morgan fingerprint density at radius 3 is 3.07 bits per heavy atom. The Morgan fingerprint density at radius 2 is 2.33 bits per heavy atom. The Balaban J connectivity index is 1.80. The molecule has 1 atom stereocenters. The highest BCUT2D eigenvalue weighted by atomic mass is 16.6. The lowest BCUT2D eigenvalue weighted by molar-refractivity contribution is 0.104. The fourth-order valence-electron chi connectivity index (χ4n) is 1.36. The van der Waals surface area contributed by atoms with Crippen molar-refractivity contribution in [3.8, 4) is 5.75 Å². The van der Waals surface area contributed by atoms with Gasteiger partial charge in [0.05, 0.1) is 26.4 Å². The van der Waals surface area contributed by atoms with Gasteiger partial charge in [-0.15, -0.1) is 0 Å². The molecule has 0 N–H and O–H groups in total.